The summed E-state index contributed by atoms with van der Waals surface area (Å²) in [5.41, 5.74) is 1.37. The Hall–Kier alpha value is -1.58. The SMILES string of the molecule is CCN(CC)S(=O)(=O)Nc1ccc(CC#N)cc1. The number of anilines is 1. The van der Waals surface area contributed by atoms with Gasteiger partial charge in [0.1, 0.15) is 0 Å². The lowest BCUT2D eigenvalue weighted by Crippen LogP contribution is -2.35. The molecule has 0 saturated heterocycles. The molecule has 0 aliphatic rings. The average molecular weight is 267 g/mol. The Morgan fingerprint density at radius 2 is 1.78 bits per heavy atom. The topological polar surface area (TPSA) is 73.2 Å². The van der Waals surface area contributed by atoms with Crippen LogP contribution in [0.1, 0.15) is 19.4 Å². The third-order valence-electron chi connectivity index (χ3n) is 2.53. The minimum atomic E-state index is -3.48. The number of hydrogen-bond donors (Lipinski definition) is 1. The summed E-state index contributed by atoms with van der Waals surface area (Å²) in [7, 11) is -3.48. The number of benzene rings is 1. The number of nitriles is 1. The first-order valence-electron chi connectivity index (χ1n) is 5.77. The molecule has 18 heavy (non-hydrogen) atoms. The lowest BCUT2D eigenvalue weighted by molar-refractivity contribution is 0.449. The molecule has 0 unspecified atom stereocenters. The number of nitrogens with one attached hydrogen (secondary N) is 1. The summed E-state index contributed by atoms with van der Waals surface area (Å²) in [6.07, 6.45) is 0.322. The largest absolute Gasteiger partial charge is 0.301 e. The molecule has 0 aromatic heterocycles. The summed E-state index contributed by atoms with van der Waals surface area (Å²) in [6.45, 7) is 4.44. The van der Waals surface area contributed by atoms with E-state index < -0.39 is 10.2 Å². The van der Waals surface area contributed by atoms with E-state index in [4.69, 9.17) is 5.26 Å². The molecule has 1 N–H and O–H groups in total. The number of rotatable bonds is 6. The third kappa shape index (κ3) is 3.72. The van der Waals surface area contributed by atoms with E-state index in [-0.39, 0.29) is 0 Å². The van der Waals surface area contributed by atoms with Gasteiger partial charge in [0.05, 0.1) is 12.5 Å². The lowest BCUT2D eigenvalue weighted by Gasteiger charge is -2.19. The molecule has 1 rings (SSSR count). The fraction of sp³-hybridized carbons (Fsp3) is 0.417. The van der Waals surface area contributed by atoms with Gasteiger partial charge in [-0.25, -0.2) is 0 Å². The monoisotopic (exact) mass is 267 g/mol. The smallest absolute Gasteiger partial charge is 0.271 e. The maximum absolute atomic E-state index is 11.9. The molecule has 0 heterocycles. The minimum Gasteiger partial charge on any atom is -0.271 e. The van der Waals surface area contributed by atoms with Crippen LogP contribution in [0, 0.1) is 11.3 Å². The van der Waals surface area contributed by atoms with Gasteiger partial charge in [0.25, 0.3) is 0 Å². The van der Waals surface area contributed by atoms with Crippen molar-refractivity contribution in [1.82, 2.24) is 4.31 Å². The van der Waals surface area contributed by atoms with Crippen molar-refractivity contribution in [3.8, 4) is 6.07 Å². The Labute approximate surface area is 108 Å². The zero-order valence-corrected chi connectivity index (χ0v) is 11.4. The van der Waals surface area contributed by atoms with Crippen LogP contribution in [0.4, 0.5) is 5.69 Å². The van der Waals surface area contributed by atoms with E-state index in [1.165, 1.54) is 4.31 Å². The van der Waals surface area contributed by atoms with Gasteiger partial charge in [0.2, 0.25) is 0 Å². The summed E-state index contributed by atoms with van der Waals surface area (Å²) in [6, 6.07) is 8.84. The second-order valence-corrected chi connectivity index (χ2v) is 5.39. The quantitative estimate of drug-likeness (QED) is 0.853. The van der Waals surface area contributed by atoms with E-state index in [1.807, 2.05) is 6.07 Å². The summed E-state index contributed by atoms with van der Waals surface area (Å²) >= 11 is 0. The van der Waals surface area contributed by atoms with Gasteiger partial charge >= 0.3 is 10.2 Å². The second kappa shape index (κ2) is 6.38. The molecule has 0 bridgehead atoms. The fourth-order valence-electron chi connectivity index (χ4n) is 1.56. The zero-order valence-electron chi connectivity index (χ0n) is 10.5. The van der Waals surface area contributed by atoms with Crippen LogP contribution < -0.4 is 4.72 Å². The van der Waals surface area contributed by atoms with Crippen LogP contribution in [0.25, 0.3) is 0 Å². The molecule has 1 aromatic carbocycles. The highest BCUT2D eigenvalue weighted by Gasteiger charge is 2.17. The first kappa shape index (κ1) is 14.5. The van der Waals surface area contributed by atoms with Crippen LogP contribution in [0.2, 0.25) is 0 Å². The van der Waals surface area contributed by atoms with Crippen molar-refractivity contribution >= 4 is 15.9 Å². The van der Waals surface area contributed by atoms with E-state index in [0.717, 1.165) is 5.56 Å². The fourth-order valence-corrected chi connectivity index (χ4v) is 2.80. The Morgan fingerprint density at radius 3 is 2.22 bits per heavy atom. The number of hydrogen-bond acceptors (Lipinski definition) is 3. The Balaban J connectivity index is 2.82. The molecule has 0 atom stereocenters. The first-order valence-corrected chi connectivity index (χ1v) is 7.21. The van der Waals surface area contributed by atoms with Crippen LogP contribution in [0.5, 0.6) is 0 Å². The van der Waals surface area contributed by atoms with Gasteiger partial charge < -0.3 is 0 Å². The van der Waals surface area contributed by atoms with Gasteiger partial charge in [0.15, 0.2) is 0 Å². The predicted octanol–water partition coefficient (Wildman–Crippen LogP) is 1.75. The molecule has 0 fully saturated rings. The molecule has 0 radical (unpaired) electrons. The Morgan fingerprint density at radius 1 is 1.22 bits per heavy atom. The second-order valence-electron chi connectivity index (χ2n) is 3.72. The molecule has 1 aromatic rings. The third-order valence-corrected chi connectivity index (χ3v) is 4.22. The van der Waals surface area contributed by atoms with Gasteiger partial charge in [-0.2, -0.15) is 18.0 Å². The van der Waals surface area contributed by atoms with Gasteiger partial charge in [0, 0.05) is 18.8 Å². The molecule has 0 aliphatic heterocycles. The van der Waals surface area contributed by atoms with Crippen molar-refractivity contribution in [2.75, 3.05) is 17.8 Å². The minimum absolute atomic E-state index is 0.322. The van der Waals surface area contributed by atoms with E-state index in [9.17, 15) is 8.42 Å². The van der Waals surface area contributed by atoms with Gasteiger partial charge in [-0.1, -0.05) is 26.0 Å². The molecule has 6 heteroatoms. The first-order chi connectivity index (χ1) is 8.53. The summed E-state index contributed by atoms with van der Waals surface area (Å²) in [4.78, 5) is 0. The predicted molar refractivity (Wildman–Crippen MR) is 71.2 cm³/mol. The maximum Gasteiger partial charge on any atom is 0.301 e. The highest BCUT2D eigenvalue weighted by Crippen LogP contribution is 2.13. The number of nitrogens with zero attached hydrogens (tertiary/aromatic N) is 2. The molecule has 98 valence electrons. The van der Waals surface area contributed by atoms with Crippen molar-refractivity contribution in [2.45, 2.75) is 20.3 Å². The zero-order chi connectivity index (χ0) is 13.6. The molecule has 0 amide bonds. The van der Waals surface area contributed by atoms with E-state index in [1.54, 1.807) is 38.1 Å². The van der Waals surface area contributed by atoms with E-state index in [2.05, 4.69) is 4.72 Å². The van der Waals surface area contributed by atoms with E-state index >= 15 is 0 Å². The molecule has 0 saturated carbocycles. The van der Waals surface area contributed by atoms with Crippen molar-refractivity contribution in [3.05, 3.63) is 29.8 Å². The highest BCUT2D eigenvalue weighted by molar-refractivity contribution is 7.90. The van der Waals surface area contributed by atoms with Crippen LogP contribution in [0.3, 0.4) is 0 Å². The normalized spacial score (nSPS) is 11.2. The van der Waals surface area contributed by atoms with Gasteiger partial charge in [-0.15, -0.1) is 0 Å². The molecule has 0 aliphatic carbocycles. The molecule has 5 nitrogen and oxygen atoms in total. The summed E-state index contributed by atoms with van der Waals surface area (Å²) in [5.74, 6) is 0. The van der Waals surface area contributed by atoms with Crippen molar-refractivity contribution in [2.24, 2.45) is 0 Å². The van der Waals surface area contributed by atoms with E-state index in [0.29, 0.717) is 25.2 Å². The van der Waals surface area contributed by atoms with Gasteiger partial charge in [-0.05, 0) is 17.7 Å². The molecular formula is C12H17N3O2S. The van der Waals surface area contributed by atoms with Crippen LogP contribution in [-0.2, 0) is 16.6 Å². The maximum atomic E-state index is 11.9. The summed E-state index contributed by atoms with van der Waals surface area (Å²) in [5, 5.41) is 8.54. The van der Waals surface area contributed by atoms with Crippen molar-refractivity contribution in [3.63, 3.8) is 0 Å². The Kier molecular flexibility index (Phi) is 5.13. The van der Waals surface area contributed by atoms with Gasteiger partial charge in [-0.3, -0.25) is 4.72 Å². The lowest BCUT2D eigenvalue weighted by atomic mass is 10.1. The molecular weight excluding hydrogens is 250 g/mol. The average Bonchev–Trinajstić information content (AvgIpc) is 2.33. The van der Waals surface area contributed by atoms with Crippen LogP contribution in [0.15, 0.2) is 24.3 Å². The summed E-state index contributed by atoms with van der Waals surface area (Å²) < 4.78 is 27.7. The van der Waals surface area contributed by atoms with Crippen molar-refractivity contribution in [1.29, 1.82) is 5.26 Å². The standard InChI is InChI=1S/C12H17N3O2S/c1-3-15(4-2)18(16,17)14-12-7-5-11(6-8-12)9-10-13/h5-8,14H,3-4,9H2,1-2H3. The van der Waals surface area contributed by atoms with Crippen molar-refractivity contribution < 1.29 is 8.42 Å². The highest BCUT2D eigenvalue weighted by atomic mass is 32.2. The van der Waals surface area contributed by atoms with Crippen LogP contribution >= 0.6 is 0 Å². The molecule has 0 spiro atoms. The van der Waals surface area contributed by atoms with Crippen LogP contribution in [-0.4, -0.2) is 25.8 Å². The Bertz CT molecular complexity index is 513.